The summed E-state index contributed by atoms with van der Waals surface area (Å²) < 4.78 is 10.4. The number of ether oxygens (including phenoxy) is 1. The highest BCUT2D eigenvalue weighted by Gasteiger charge is 2.16. The largest absolute Gasteiger partial charge is 0.497 e. The number of methoxy groups -OCH3 is 1. The Morgan fingerprint density at radius 3 is 2.48 bits per heavy atom. The second-order valence-corrected chi connectivity index (χ2v) is 7.62. The van der Waals surface area contributed by atoms with E-state index in [1.54, 1.807) is 43.5 Å². The van der Waals surface area contributed by atoms with Crippen molar-refractivity contribution < 1.29 is 18.7 Å². The fourth-order valence-electron chi connectivity index (χ4n) is 3.57. The topological polar surface area (TPSA) is 83.8 Å². The SMILES string of the molecule is COc1ccc(C(=O)N/C(=C\c2ccco2)C(=O)NCCCN2CCCCCC2)cc1. The molecule has 1 aromatic heterocycles. The van der Waals surface area contributed by atoms with Crippen LogP contribution in [0.1, 0.15) is 48.2 Å². The molecule has 0 radical (unpaired) electrons. The summed E-state index contributed by atoms with van der Waals surface area (Å²) in [5.74, 6) is 0.434. The molecule has 1 aliphatic rings. The molecule has 0 aliphatic carbocycles. The molecule has 0 atom stereocenters. The minimum Gasteiger partial charge on any atom is -0.497 e. The summed E-state index contributed by atoms with van der Waals surface area (Å²) in [6, 6.07) is 10.2. The minimum absolute atomic E-state index is 0.144. The zero-order valence-electron chi connectivity index (χ0n) is 18.1. The Balaban J connectivity index is 1.57. The summed E-state index contributed by atoms with van der Waals surface area (Å²) in [5.41, 5.74) is 0.575. The molecule has 0 saturated carbocycles. The molecule has 2 heterocycles. The van der Waals surface area contributed by atoms with E-state index in [0.29, 0.717) is 23.6 Å². The van der Waals surface area contributed by atoms with Crippen molar-refractivity contribution in [2.24, 2.45) is 0 Å². The van der Waals surface area contributed by atoms with Gasteiger partial charge in [0.1, 0.15) is 17.2 Å². The molecule has 3 rings (SSSR count). The van der Waals surface area contributed by atoms with Crippen molar-refractivity contribution in [3.63, 3.8) is 0 Å². The van der Waals surface area contributed by atoms with E-state index in [1.165, 1.54) is 38.0 Å². The van der Waals surface area contributed by atoms with E-state index < -0.39 is 0 Å². The highest BCUT2D eigenvalue weighted by Crippen LogP contribution is 2.13. The van der Waals surface area contributed by atoms with Gasteiger partial charge in [-0.15, -0.1) is 0 Å². The molecular weight excluding hydrogens is 394 g/mol. The zero-order chi connectivity index (χ0) is 21.9. The van der Waals surface area contributed by atoms with Crippen LogP contribution in [0.3, 0.4) is 0 Å². The highest BCUT2D eigenvalue weighted by atomic mass is 16.5. The molecule has 1 aromatic carbocycles. The monoisotopic (exact) mass is 425 g/mol. The second kappa shape index (κ2) is 12.0. The van der Waals surface area contributed by atoms with Crippen LogP contribution in [0.5, 0.6) is 5.75 Å². The molecule has 2 N–H and O–H groups in total. The van der Waals surface area contributed by atoms with Crippen LogP contribution in [-0.4, -0.2) is 50.0 Å². The number of hydrogen-bond donors (Lipinski definition) is 2. The Hall–Kier alpha value is -3.06. The van der Waals surface area contributed by atoms with Gasteiger partial charge < -0.3 is 24.7 Å². The summed E-state index contributed by atoms with van der Waals surface area (Å²) in [5, 5.41) is 5.62. The highest BCUT2D eigenvalue weighted by molar-refractivity contribution is 6.05. The average molecular weight is 426 g/mol. The Morgan fingerprint density at radius 1 is 1.10 bits per heavy atom. The van der Waals surface area contributed by atoms with E-state index in [0.717, 1.165) is 26.1 Å². The van der Waals surface area contributed by atoms with Gasteiger partial charge in [-0.05, 0) is 75.3 Å². The predicted molar refractivity (Wildman–Crippen MR) is 120 cm³/mol. The lowest BCUT2D eigenvalue weighted by atomic mass is 10.2. The van der Waals surface area contributed by atoms with Crippen molar-refractivity contribution in [1.29, 1.82) is 0 Å². The first-order valence-electron chi connectivity index (χ1n) is 10.9. The van der Waals surface area contributed by atoms with Gasteiger partial charge in [0.05, 0.1) is 13.4 Å². The lowest BCUT2D eigenvalue weighted by Crippen LogP contribution is -2.36. The molecule has 31 heavy (non-hydrogen) atoms. The van der Waals surface area contributed by atoms with Crippen LogP contribution in [0.4, 0.5) is 0 Å². The van der Waals surface area contributed by atoms with Gasteiger partial charge in [0.15, 0.2) is 0 Å². The van der Waals surface area contributed by atoms with Crippen LogP contribution in [0, 0.1) is 0 Å². The third kappa shape index (κ3) is 7.29. The standard InChI is InChI=1S/C24H31N3O4/c1-30-20-11-9-19(10-12-20)23(28)26-22(18-21-8-6-17-31-21)24(29)25-13-7-16-27-14-4-2-3-5-15-27/h6,8-12,17-18H,2-5,7,13-16H2,1H3,(H,25,29)(H,26,28)/b22-18-. The van der Waals surface area contributed by atoms with Crippen molar-refractivity contribution in [3.05, 3.63) is 59.7 Å². The molecule has 166 valence electrons. The Morgan fingerprint density at radius 2 is 1.84 bits per heavy atom. The van der Waals surface area contributed by atoms with E-state index >= 15 is 0 Å². The summed E-state index contributed by atoms with van der Waals surface area (Å²) in [4.78, 5) is 27.9. The molecule has 0 spiro atoms. The van der Waals surface area contributed by atoms with Crippen molar-refractivity contribution in [1.82, 2.24) is 15.5 Å². The maximum absolute atomic E-state index is 12.8. The normalized spacial score (nSPS) is 15.2. The first kappa shape index (κ1) is 22.6. The first-order chi connectivity index (χ1) is 15.2. The number of nitrogens with zero attached hydrogens (tertiary/aromatic N) is 1. The molecule has 0 unspecified atom stereocenters. The molecular formula is C24H31N3O4. The van der Waals surface area contributed by atoms with E-state index in [1.807, 2.05) is 0 Å². The number of hydrogen-bond acceptors (Lipinski definition) is 5. The predicted octanol–water partition coefficient (Wildman–Crippen LogP) is 3.44. The molecule has 0 bridgehead atoms. The van der Waals surface area contributed by atoms with Crippen LogP contribution >= 0.6 is 0 Å². The lowest BCUT2D eigenvalue weighted by Gasteiger charge is -2.19. The second-order valence-electron chi connectivity index (χ2n) is 7.62. The fourth-order valence-corrected chi connectivity index (χ4v) is 3.57. The number of benzene rings is 1. The number of furan rings is 1. The van der Waals surface area contributed by atoms with Gasteiger partial charge in [0.25, 0.3) is 11.8 Å². The molecule has 1 saturated heterocycles. The Kier molecular flexibility index (Phi) is 8.72. The van der Waals surface area contributed by atoms with Crippen LogP contribution in [-0.2, 0) is 4.79 Å². The van der Waals surface area contributed by atoms with E-state index in [4.69, 9.17) is 9.15 Å². The Labute approximate surface area is 183 Å². The maximum Gasteiger partial charge on any atom is 0.267 e. The minimum atomic E-state index is -0.375. The summed E-state index contributed by atoms with van der Waals surface area (Å²) >= 11 is 0. The third-order valence-electron chi connectivity index (χ3n) is 5.31. The molecule has 1 aliphatic heterocycles. The first-order valence-corrected chi connectivity index (χ1v) is 10.9. The van der Waals surface area contributed by atoms with Crippen molar-refractivity contribution >= 4 is 17.9 Å². The number of nitrogens with one attached hydrogen (secondary N) is 2. The molecule has 7 heteroatoms. The van der Waals surface area contributed by atoms with Gasteiger partial charge in [-0.2, -0.15) is 0 Å². The van der Waals surface area contributed by atoms with Crippen molar-refractivity contribution in [2.45, 2.75) is 32.1 Å². The lowest BCUT2D eigenvalue weighted by molar-refractivity contribution is -0.117. The number of rotatable bonds is 9. The Bertz CT molecular complexity index is 851. The summed E-state index contributed by atoms with van der Waals surface area (Å²) in [7, 11) is 1.57. The molecule has 2 amide bonds. The number of likely N-dealkylation sites (tertiary alicyclic amines) is 1. The number of carbonyl (C=O) groups is 2. The van der Waals surface area contributed by atoms with Gasteiger partial charge in [-0.25, -0.2) is 0 Å². The van der Waals surface area contributed by atoms with Gasteiger partial charge in [-0.3, -0.25) is 9.59 Å². The molecule has 2 aromatic rings. The number of carbonyl (C=O) groups excluding carboxylic acids is 2. The van der Waals surface area contributed by atoms with E-state index in [9.17, 15) is 9.59 Å². The van der Waals surface area contributed by atoms with Gasteiger partial charge in [0.2, 0.25) is 0 Å². The smallest absolute Gasteiger partial charge is 0.267 e. The maximum atomic E-state index is 12.8. The molecule has 1 fully saturated rings. The van der Waals surface area contributed by atoms with Gasteiger partial charge in [0, 0.05) is 18.2 Å². The van der Waals surface area contributed by atoms with Gasteiger partial charge in [-0.1, -0.05) is 12.8 Å². The van der Waals surface area contributed by atoms with E-state index in [-0.39, 0.29) is 17.5 Å². The zero-order valence-corrected chi connectivity index (χ0v) is 18.1. The third-order valence-corrected chi connectivity index (χ3v) is 5.31. The van der Waals surface area contributed by atoms with Crippen molar-refractivity contribution in [3.8, 4) is 5.75 Å². The number of amides is 2. The van der Waals surface area contributed by atoms with Crippen LogP contribution in [0.2, 0.25) is 0 Å². The average Bonchev–Trinajstić information content (AvgIpc) is 3.17. The van der Waals surface area contributed by atoms with E-state index in [2.05, 4.69) is 15.5 Å². The molecule has 7 nitrogen and oxygen atoms in total. The summed E-state index contributed by atoms with van der Waals surface area (Å²) in [6.45, 7) is 3.78. The summed E-state index contributed by atoms with van der Waals surface area (Å²) in [6.07, 6.45) is 9.04. The quantitative estimate of drug-likeness (QED) is 0.475. The van der Waals surface area contributed by atoms with Crippen LogP contribution in [0.15, 0.2) is 52.8 Å². The van der Waals surface area contributed by atoms with Crippen LogP contribution < -0.4 is 15.4 Å². The fraction of sp³-hybridized carbons (Fsp3) is 0.417. The van der Waals surface area contributed by atoms with Gasteiger partial charge >= 0.3 is 0 Å². The van der Waals surface area contributed by atoms with Crippen molar-refractivity contribution in [2.75, 3.05) is 33.3 Å². The van der Waals surface area contributed by atoms with Crippen LogP contribution in [0.25, 0.3) is 6.08 Å².